The highest BCUT2D eigenvalue weighted by molar-refractivity contribution is 7.90. The Kier molecular flexibility index (Phi) is 7.33. The van der Waals surface area contributed by atoms with Gasteiger partial charge in [-0.1, -0.05) is 24.4 Å². The van der Waals surface area contributed by atoms with Crippen molar-refractivity contribution < 1.29 is 13.2 Å². The minimum Gasteiger partial charge on any atom is -0.286 e. The fourth-order valence-electron chi connectivity index (χ4n) is 1.89. The van der Waals surface area contributed by atoms with Gasteiger partial charge in [-0.25, -0.2) is 8.42 Å². The number of hydrogen-bond donors (Lipinski definition) is 2. The highest BCUT2D eigenvalue weighted by Gasteiger charge is 2.22. The number of nitrogens with one attached hydrogen (secondary N) is 2. The van der Waals surface area contributed by atoms with Gasteiger partial charge in [0.2, 0.25) is 10.0 Å². The number of hydrazine groups is 2. The Bertz CT molecular complexity index is 956. The normalized spacial score (nSPS) is 10.8. The van der Waals surface area contributed by atoms with Gasteiger partial charge in [-0.2, -0.15) is 0 Å². The van der Waals surface area contributed by atoms with Crippen molar-refractivity contribution in [3.05, 3.63) is 48.6 Å². The van der Waals surface area contributed by atoms with E-state index >= 15 is 0 Å². The fraction of sp³-hybridized carbons (Fsp3) is 0.214. The van der Waals surface area contributed by atoms with Crippen LogP contribution in [-0.2, 0) is 14.8 Å². The highest BCUT2D eigenvalue weighted by atomic mass is 32.2. The molecular formula is C14H16N8O3S3. The molecular weight excluding hydrogens is 424 g/mol. The molecule has 2 heterocycles. The van der Waals surface area contributed by atoms with Crippen LogP contribution < -0.4 is 10.3 Å². The monoisotopic (exact) mass is 440 g/mol. The molecule has 2 aromatic rings. The lowest BCUT2D eigenvalue weighted by Crippen LogP contribution is -2.49. The van der Waals surface area contributed by atoms with E-state index in [0.717, 1.165) is 5.01 Å². The highest BCUT2D eigenvalue weighted by Crippen LogP contribution is 2.00. The number of sulfonamides is 1. The average molecular weight is 441 g/mol. The van der Waals surface area contributed by atoms with E-state index < -0.39 is 21.7 Å². The number of amides is 1. The maximum absolute atomic E-state index is 12.2. The molecule has 0 aliphatic carbocycles. The second-order valence-corrected chi connectivity index (χ2v) is 7.77. The molecule has 0 saturated carbocycles. The van der Waals surface area contributed by atoms with Crippen LogP contribution in [0, 0.1) is 0 Å². The lowest BCUT2D eigenvalue weighted by molar-refractivity contribution is -0.121. The molecule has 1 amide bonds. The van der Waals surface area contributed by atoms with Crippen LogP contribution in [0.1, 0.15) is 11.4 Å². The summed E-state index contributed by atoms with van der Waals surface area (Å²) in [7, 11) is -1.19. The molecule has 0 atom stereocenters. The second-order valence-electron chi connectivity index (χ2n) is 5.29. The lowest BCUT2D eigenvalue weighted by atomic mass is 10.4. The molecule has 0 spiro atoms. The van der Waals surface area contributed by atoms with Crippen molar-refractivity contribution in [2.24, 2.45) is 0 Å². The van der Waals surface area contributed by atoms with Gasteiger partial charge in [0, 0.05) is 38.9 Å². The zero-order valence-electron chi connectivity index (χ0n) is 14.8. The van der Waals surface area contributed by atoms with Crippen LogP contribution in [0.4, 0.5) is 0 Å². The molecule has 148 valence electrons. The van der Waals surface area contributed by atoms with Gasteiger partial charge < -0.3 is 0 Å². The summed E-state index contributed by atoms with van der Waals surface area (Å²) in [6.45, 7) is 0. The van der Waals surface area contributed by atoms with Crippen LogP contribution in [0.15, 0.2) is 37.2 Å². The summed E-state index contributed by atoms with van der Waals surface area (Å²) in [4.78, 5) is 30.3. The summed E-state index contributed by atoms with van der Waals surface area (Å²) >= 11 is 10.3. The number of rotatable bonds is 6. The van der Waals surface area contributed by atoms with Crippen molar-refractivity contribution in [1.82, 2.24) is 40.2 Å². The smallest absolute Gasteiger partial charge is 0.255 e. The van der Waals surface area contributed by atoms with Gasteiger partial charge >= 0.3 is 0 Å². The van der Waals surface area contributed by atoms with E-state index in [2.05, 4.69) is 30.2 Å². The third-order valence-corrected chi connectivity index (χ3v) is 5.22. The number of hydrogen-bond acceptors (Lipinski definition) is 9. The number of thiocarbonyl (C=S) groups is 2. The second kappa shape index (κ2) is 9.50. The molecule has 0 unspecified atom stereocenters. The first kappa shape index (κ1) is 21.6. The molecule has 0 bridgehead atoms. The fourth-order valence-corrected chi connectivity index (χ4v) is 3.23. The van der Waals surface area contributed by atoms with Gasteiger partial charge in [0.05, 0.1) is 12.4 Å². The molecule has 0 radical (unpaired) electrons. The molecule has 2 aromatic heterocycles. The van der Waals surface area contributed by atoms with E-state index in [-0.39, 0.29) is 9.98 Å². The van der Waals surface area contributed by atoms with Crippen LogP contribution in [0.2, 0.25) is 0 Å². The molecule has 11 nitrogen and oxygen atoms in total. The molecule has 28 heavy (non-hydrogen) atoms. The van der Waals surface area contributed by atoms with Gasteiger partial charge in [0.1, 0.15) is 27.1 Å². The SMILES string of the molecule is CN(NC(=O)CS(=O)(=O)NN(C)C(=S)c1cnccn1)C(=S)c1cnccn1. The van der Waals surface area contributed by atoms with E-state index in [9.17, 15) is 13.2 Å². The van der Waals surface area contributed by atoms with Crippen molar-refractivity contribution >= 4 is 50.3 Å². The van der Waals surface area contributed by atoms with Gasteiger partial charge in [0.25, 0.3) is 5.91 Å². The summed E-state index contributed by atoms with van der Waals surface area (Å²) in [6, 6.07) is 0. The van der Waals surface area contributed by atoms with Crippen molar-refractivity contribution in [2.45, 2.75) is 0 Å². The van der Waals surface area contributed by atoms with E-state index in [0.29, 0.717) is 11.4 Å². The van der Waals surface area contributed by atoms with Crippen molar-refractivity contribution in [1.29, 1.82) is 0 Å². The Hall–Kier alpha value is -2.68. The molecule has 14 heteroatoms. The first-order valence-corrected chi connectivity index (χ1v) is 10.0. The Morgan fingerprint density at radius 3 is 1.93 bits per heavy atom. The predicted molar refractivity (Wildman–Crippen MR) is 108 cm³/mol. The van der Waals surface area contributed by atoms with Crippen LogP contribution in [-0.4, -0.2) is 74.1 Å². The third kappa shape index (κ3) is 6.19. The molecule has 0 aliphatic rings. The van der Waals surface area contributed by atoms with E-state index in [1.165, 1.54) is 56.3 Å². The zero-order valence-corrected chi connectivity index (χ0v) is 17.3. The maximum Gasteiger partial charge on any atom is 0.255 e. The molecule has 0 fully saturated rings. The quantitative estimate of drug-likeness (QED) is 0.425. The third-order valence-electron chi connectivity index (χ3n) is 3.06. The van der Waals surface area contributed by atoms with E-state index in [1.807, 2.05) is 0 Å². The molecule has 0 saturated heterocycles. The van der Waals surface area contributed by atoms with Crippen LogP contribution >= 0.6 is 24.4 Å². The molecule has 2 rings (SSSR count). The summed E-state index contributed by atoms with van der Waals surface area (Å²) in [6.07, 6.45) is 8.62. The summed E-state index contributed by atoms with van der Waals surface area (Å²) in [5.74, 6) is -1.66. The number of nitrogens with zero attached hydrogens (tertiary/aromatic N) is 6. The van der Waals surface area contributed by atoms with Crippen LogP contribution in [0.5, 0.6) is 0 Å². The standard InChI is InChI=1S/C14H16N8O3S3/c1-21(13(26)10-7-15-3-5-17-10)19-12(23)9-28(24,25)20-22(2)14(27)11-8-16-4-6-18-11/h3-8,20H,9H2,1-2H3,(H,19,23). The van der Waals surface area contributed by atoms with Gasteiger partial charge in [-0.15, -0.1) is 4.83 Å². The number of carbonyl (C=O) groups excluding carboxylic acids is 1. The lowest BCUT2D eigenvalue weighted by Gasteiger charge is -2.22. The number of aromatic nitrogens is 4. The van der Waals surface area contributed by atoms with Crippen molar-refractivity contribution in [3.8, 4) is 0 Å². The minimum absolute atomic E-state index is 0.0954. The predicted octanol–water partition coefficient (Wildman–Crippen LogP) is -0.953. The molecule has 0 aliphatic heterocycles. The topological polar surface area (TPSA) is 133 Å². The largest absolute Gasteiger partial charge is 0.286 e. The first-order valence-electron chi connectivity index (χ1n) is 7.57. The van der Waals surface area contributed by atoms with Gasteiger partial charge in [-0.05, 0) is 0 Å². The average Bonchev–Trinajstić information content (AvgIpc) is 2.67. The number of carbonyl (C=O) groups is 1. The Morgan fingerprint density at radius 1 is 0.964 bits per heavy atom. The Balaban J connectivity index is 1.93. The van der Waals surface area contributed by atoms with E-state index in [4.69, 9.17) is 24.4 Å². The molecule has 0 aromatic carbocycles. The zero-order chi connectivity index (χ0) is 20.7. The van der Waals surface area contributed by atoms with Crippen molar-refractivity contribution in [3.63, 3.8) is 0 Å². The van der Waals surface area contributed by atoms with Crippen LogP contribution in [0.25, 0.3) is 0 Å². The maximum atomic E-state index is 12.2. The van der Waals surface area contributed by atoms with Crippen LogP contribution in [0.3, 0.4) is 0 Å². The Labute approximate surface area is 172 Å². The van der Waals surface area contributed by atoms with Gasteiger partial charge in [0.15, 0.2) is 0 Å². The summed E-state index contributed by atoms with van der Waals surface area (Å²) in [5.41, 5.74) is 3.02. The summed E-state index contributed by atoms with van der Waals surface area (Å²) in [5, 5.41) is 2.25. The minimum atomic E-state index is -4.04. The van der Waals surface area contributed by atoms with E-state index in [1.54, 1.807) is 0 Å². The van der Waals surface area contributed by atoms with Gasteiger partial charge in [-0.3, -0.25) is 40.2 Å². The van der Waals surface area contributed by atoms with Crippen molar-refractivity contribution in [2.75, 3.05) is 19.8 Å². The first-order chi connectivity index (χ1) is 13.2. The summed E-state index contributed by atoms with van der Waals surface area (Å²) < 4.78 is 24.5. The Morgan fingerprint density at radius 2 is 1.46 bits per heavy atom. The molecule has 2 N–H and O–H groups in total.